The molecule has 0 aliphatic rings. The van der Waals surface area contributed by atoms with Crippen LogP contribution in [0, 0.1) is 0 Å². The highest BCUT2D eigenvalue weighted by molar-refractivity contribution is 6.01. The Morgan fingerprint density at radius 2 is 2.07 bits per heavy atom. The molecule has 1 atom stereocenters. The molecule has 0 radical (unpaired) electrons. The second-order valence-electron chi connectivity index (χ2n) is 3.01. The largest absolute Gasteiger partial charge is 0.461 e. The molecule has 0 aromatic carbocycles. The average molecular weight is 207 g/mol. The zero-order chi connectivity index (χ0) is 11.0. The van der Waals surface area contributed by atoms with Gasteiger partial charge < -0.3 is 10.2 Å². The summed E-state index contributed by atoms with van der Waals surface area (Å²) < 4.78 is 41.4. The summed E-state index contributed by atoms with van der Waals surface area (Å²) in [7, 11) is 0. The molecule has 78 valence electrons. The summed E-state index contributed by atoms with van der Waals surface area (Å²) in [5, 5.41) is 0. The molecule has 0 amide bonds. The van der Waals surface area contributed by atoms with Gasteiger partial charge in [-0.1, -0.05) is 0 Å². The Bertz CT molecular complexity index is 327. The van der Waals surface area contributed by atoms with Gasteiger partial charge >= 0.3 is 6.18 Å². The molecular weight excluding hydrogens is 199 g/mol. The SMILES string of the molecule is CC(N)(C(=O)c1ccco1)C(F)(F)F. The van der Waals surface area contributed by atoms with Crippen LogP contribution in [0.5, 0.6) is 0 Å². The Labute approximate surface area is 77.7 Å². The highest BCUT2D eigenvalue weighted by Crippen LogP contribution is 2.30. The number of nitrogens with two attached hydrogens (primary N) is 1. The number of alkyl halides is 3. The Morgan fingerprint density at radius 3 is 2.43 bits per heavy atom. The lowest BCUT2D eigenvalue weighted by atomic mass is 9.95. The molecule has 6 heteroatoms. The van der Waals surface area contributed by atoms with Crippen molar-refractivity contribution in [2.45, 2.75) is 18.6 Å². The van der Waals surface area contributed by atoms with E-state index in [1.165, 1.54) is 6.07 Å². The molecule has 2 N–H and O–H groups in total. The number of Topliss-reactive ketones (excluding diaryl/α,β-unsaturated/α-hetero) is 1. The average Bonchev–Trinajstić information content (AvgIpc) is 2.52. The second-order valence-corrected chi connectivity index (χ2v) is 3.01. The smallest absolute Gasteiger partial charge is 0.413 e. The Balaban J connectivity index is 3.01. The van der Waals surface area contributed by atoms with E-state index in [2.05, 4.69) is 4.42 Å². The van der Waals surface area contributed by atoms with Crippen molar-refractivity contribution in [2.75, 3.05) is 0 Å². The van der Waals surface area contributed by atoms with Gasteiger partial charge in [-0.05, 0) is 19.1 Å². The number of halogens is 3. The molecule has 0 spiro atoms. The summed E-state index contributed by atoms with van der Waals surface area (Å²) in [5.41, 5.74) is 1.98. The fraction of sp³-hybridized carbons (Fsp3) is 0.375. The molecule has 0 saturated heterocycles. The summed E-state index contributed by atoms with van der Waals surface area (Å²) in [4.78, 5) is 11.2. The molecule has 1 rings (SSSR count). The molecule has 0 aliphatic heterocycles. The first-order chi connectivity index (χ1) is 6.27. The predicted octanol–water partition coefficient (Wildman–Crippen LogP) is 1.74. The third-order valence-corrected chi connectivity index (χ3v) is 1.81. The maximum absolute atomic E-state index is 12.3. The Kier molecular flexibility index (Phi) is 2.41. The van der Waals surface area contributed by atoms with Crippen molar-refractivity contribution in [1.82, 2.24) is 0 Å². The van der Waals surface area contributed by atoms with Crippen molar-refractivity contribution >= 4 is 5.78 Å². The van der Waals surface area contributed by atoms with Crippen molar-refractivity contribution in [3.8, 4) is 0 Å². The highest BCUT2D eigenvalue weighted by atomic mass is 19.4. The van der Waals surface area contributed by atoms with Crippen LogP contribution < -0.4 is 5.73 Å². The third-order valence-electron chi connectivity index (χ3n) is 1.81. The highest BCUT2D eigenvalue weighted by Gasteiger charge is 2.54. The molecule has 0 fully saturated rings. The molecule has 0 bridgehead atoms. The topological polar surface area (TPSA) is 56.2 Å². The van der Waals surface area contributed by atoms with E-state index in [0.29, 0.717) is 6.92 Å². The number of hydrogen-bond donors (Lipinski definition) is 1. The minimum Gasteiger partial charge on any atom is -0.461 e. The second kappa shape index (κ2) is 3.13. The molecule has 1 heterocycles. The molecule has 1 aromatic heterocycles. The maximum Gasteiger partial charge on any atom is 0.413 e. The minimum absolute atomic E-state index is 0.396. The van der Waals surface area contributed by atoms with Crippen LogP contribution in [0.3, 0.4) is 0 Å². The molecule has 1 aromatic rings. The monoisotopic (exact) mass is 207 g/mol. The summed E-state index contributed by atoms with van der Waals surface area (Å²) in [6, 6.07) is 2.46. The number of furan rings is 1. The summed E-state index contributed by atoms with van der Waals surface area (Å²) in [6.07, 6.45) is -3.68. The van der Waals surface area contributed by atoms with Crippen LogP contribution in [0.25, 0.3) is 0 Å². The van der Waals surface area contributed by atoms with Crippen LogP contribution in [-0.2, 0) is 0 Å². The van der Waals surface area contributed by atoms with Crippen molar-refractivity contribution in [1.29, 1.82) is 0 Å². The van der Waals surface area contributed by atoms with Crippen molar-refractivity contribution in [2.24, 2.45) is 5.73 Å². The van der Waals surface area contributed by atoms with Gasteiger partial charge in [0, 0.05) is 0 Å². The predicted molar refractivity (Wildman–Crippen MR) is 41.7 cm³/mol. The van der Waals surface area contributed by atoms with E-state index >= 15 is 0 Å². The third kappa shape index (κ3) is 1.65. The Hall–Kier alpha value is -1.30. The van der Waals surface area contributed by atoms with E-state index in [1.807, 2.05) is 0 Å². The number of ketones is 1. The number of carbonyl (C=O) groups is 1. The van der Waals surface area contributed by atoms with E-state index in [-0.39, 0.29) is 0 Å². The summed E-state index contributed by atoms with van der Waals surface area (Å²) in [5.74, 6) is -1.68. The summed E-state index contributed by atoms with van der Waals surface area (Å²) in [6.45, 7) is 0.609. The fourth-order valence-corrected chi connectivity index (χ4v) is 0.792. The summed E-state index contributed by atoms with van der Waals surface area (Å²) >= 11 is 0. The van der Waals surface area contributed by atoms with Crippen LogP contribution in [0.1, 0.15) is 17.5 Å². The lowest BCUT2D eigenvalue weighted by molar-refractivity contribution is -0.166. The standard InChI is InChI=1S/C8H8F3NO2/c1-7(12,8(9,10)11)6(13)5-3-2-4-14-5/h2-4H,12H2,1H3. The van der Waals surface area contributed by atoms with Crippen LogP contribution in [0.2, 0.25) is 0 Å². The zero-order valence-electron chi connectivity index (χ0n) is 7.26. The first-order valence-corrected chi connectivity index (χ1v) is 3.70. The van der Waals surface area contributed by atoms with Gasteiger partial charge in [-0.25, -0.2) is 0 Å². The Morgan fingerprint density at radius 1 is 1.50 bits per heavy atom. The first kappa shape index (κ1) is 10.8. The van der Waals surface area contributed by atoms with Crippen LogP contribution in [0.15, 0.2) is 22.8 Å². The molecule has 14 heavy (non-hydrogen) atoms. The van der Waals surface area contributed by atoms with Gasteiger partial charge in [0.15, 0.2) is 11.3 Å². The van der Waals surface area contributed by atoms with Gasteiger partial charge in [0.05, 0.1) is 6.26 Å². The molecule has 0 saturated carbocycles. The van der Waals surface area contributed by atoms with Crippen LogP contribution >= 0.6 is 0 Å². The van der Waals surface area contributed by atoms with Gasteiger partial charge in [0.25, 0.3) is 0 Å². The number of hydrogen-bond acceptors (Lipinski definition) is 3. The lowest BCUT2D eigenvalue weighted by Gasteiger charge is -2.24. The van der Waals surface area contributed by atoms with Crippen molar-refractivity contribution in [3.05, 3.63) is 24.2 Å². The first-order valence-electron chi connectivity index (χ1n) is 3.70. The normalized spacial score (nSPS) is 16.4. The maximum atomic E-state index is 12.3. The lowest BCUT2D eigenvalue weighted by Crippen LogP contribution is -2.57. The van der Waals surface area contributed by atoms with E-state index < -0.39 is 23.3 Å². The van der Waals surface area contributed by atoms with Crippen molar-refractivity contribution < 1.29 is 22.4 Å². The van der Waals surface area contributed by atoms with Gasteiger partial charge in [-0.3, -0.25) is 4.79 Å². The van der Waals surface area contributed by atoms with E-state index in [9.17, 15) is 18.0 Å². The van der Waals surface area contributed by atoms with Gasteiger partial charge in [-0.15, -0.1) is 0 Å². The van der Waals surface area contributed by atoms with Gasteiger partial charge in [-0.2, -0.15) is 13.2 Å². The molecule has 0 aliphatic carbocycles. The zero-order valence-corrected chi connectivity index (χ0v) is 7.26. The quantitative estimate of drug-likeness (QED) is 0.751. The van der Waals surface area contributed by atoms with Gasteiger partial charge in [0.1, 0.15) is 0 Å². The molecule has 1 unspecified atom stereocenters. The van der Waals surface area contributed by atoms with E-state index in [1.54, 1.807) is 0 Å². The van der Waals surface area contributed by atoms with Crippen molar-refractivity contribution in [3.63, 3.8) is 0 Å². The minimum atomic E-state index is -4.79. The molecular formula is C8H8F3NO2. The van der Waals surface area contributed by atoms with Gasteiger partial charge in [0.2, 0.25) is 5.78 Å². The van der Waals surface area contributed by atoms with E-state index in [0.717, 1.165) is 12.3 Å². The van der Waals surface area contributed by atoms with Crippen LogP contribution in [0.4, 0.5) is 13.2 Å². The number of carbonyl (C=O) groups excluding carboxylic acids is 1. The van der Waals surface area contributed by atoms with Crippen LogP contribution in [-0.4, -0.2) is 17.5 Å². The fourth-order valence-electron chi connectivity index (χ4n) is 0.792. The number of rotatable bonds is 2. The molecule has 3 nitrogen and oxygen atoms in total. The van der Waals surface area contributed by atoms with E-state index in [4.69, 9.17) is 5.73 Å².